The Morgan fingerprint density at radius 3 is 2.46 bits per heavy atom. The molecule has 146 valence electrons. The molecule has 0 radical (unpaired) electrons. The molecule has 1 heterocycles. The normalized spacial score (nSPS) is 10.5. The Morgan fingerprint density at radius 2 is 1.77 bits per heavy atom. The van der Waals surface area contributed by atoms with E-state index in [0.29, 0.717) is 30.7 Å². The van der Waals surface area contributed by atoms with E-state index in [1.165, 1.54) is 0 Å². The number of aliphatic hydroxyl groups excluding tert-OH is 1. The van der Waals surface area contributed by atoms with Crippen molar-refractivity contribution in [2.45, 2.75) is 71.3 Å². The minimum absolute atomic E-state index is 0.0693. The largest absolute Gasteiger partial charge is 0.392 e. The molecule has 0 aromatic carbocycles. The van der Waals surface area contributed by atoms with Crippen LogP contribution in [0.1, 0.15) is 70.3 Å². The van der Waals surface area contributed by atoms with Crippen LogP contribution in [0.3, 0.4) is 0 Å². The minimum Gasteiger partial charge on any atom is -0.392 e. The maximum atomic E-state index is 11.9. The Morgan fingerprint density at radius 1 is 1.04 bits per heavy atom. The molecule has 1 aromatic heterocycles. The van der Waals surface area contributed by atoms with Crippen LogP contribution in [-0.2, 0) is 21.0 Å². The van der Waals surface area contributed by atoms with E-state index in [-0.39, 0.29) is 18.4 Å². The van der Waals surface area contributed by atoms with Gasteiger partial charge in [0.15, 0.2) is 0 Å². The zero-order chi connectivity index (χ0) is 19.0. The number of nitrogens with zero attached hydrogens (tertiary/aromatic N) is 1. The monoisotopic (exact) mass is 365 g/mol. The summed E-state index contributed by atoms with van der Waals surface area (Å²) in [4.78, 5) is 32.5. The van der Waals surface area contributed by atoms with Crippen LogP contribution in [0.4, 0.5) is 5.69 Å². The Bertz CT molecular complexity index is 537. The van der Waals surface area contributed by atoms with Crippen LogP contribution in [0, 0.1) is 0 Å². The maximum absolute atomic E-state index is 11.9. The van der Waals surface area contributed by atoms with Crippen molar-refractivity contribution in [1.29, 1.82) is 0 Å². The number of nitrogens with one attached hydrogen (secondary N) is 2. The van der Waals surface area contributed by atoms with E-state index in [1.54, 1.807) is 18.5 Å². The Balaban J connectivity index is 2.01. The number of hydrogen-bond donors (Lipinski definition) is 3. The fourth-order valence-corrected chi connectivity index (χ4v) is 2.40. The number of carbonyl (C=O) groups is 2. The molecule has 0 atom stereocenters. The molecule has 0 saturated heterocycles. The summed E-state index contributed by atoms with van der Waals surface area (Å²) >= 11 is 0. The van der Waals surface area contributed by atoms with Crippen LogP contribution in [0.25, 0.3) is 0 Å². The summed E-state index contributed by atoms with van der Waals surface area (Å²) in [6, 6.07) is 1.70. The molecule has 2 amide bonds. The smallest absolute Gasteiger partial charge is 0.243 e. The highest BCUT2D eigenvalue weighted by atomic mass is 16.6. The first-order chi connectivity index (χ1) is 12.7. The van der Waals surface area contributed by atoms with Gasteiger partial charge in [0, 0.05) is 19.0 Å². The van der Waals surface area contributed by atoms with E-state index in [4.69, 9.17) is 9.94 Å². The number of hydroxylamine groups is 1. The molecular weight excluding hydrogens is 334 g/mol. The molecule has 7 nitrogen and oxygen atoms in total. The summed E-state index contributed by atoms with van der Waals surface area (Å²) in [5, 5.41) is 11.8. The van der Waals surface area contributed by atoms with Crippen molar-refractivity contribution in [2.24, 2.45) is 0 Å². The number of aliphatic hydroxyl groups is 1. The SMILES string of the molecule is CCCCCONC(=O)CCCCCCC(=O)Nc1cncc(CO)c1. The summed E-state index contributed by atoms with van der Waals surface area (Å²) in [7, 11) is 0. The average molecular weight is 365 g/mol. The molecule has 0 aliphatic heterocycles. The fraction of sp³-hybridized carbons (Fsp3) is 0.632. The molecule has 0 spiro atoms. The highest BCUT2D eigenvalue weighted by Crippen LogP contribution is 2.10. The van der Waals surface area contributed by atoms with Crippen molar-refractivity contribution in [3.05, 3.63) is 24.0 Å². The van der Waals surface area contributed by atoms with Crippen molar-refractivity contribution in [2.75, 3.05) is 11.9 Å². The molecule has 1 aromatic rings. The summed E-state index contributed by atoms with van der Waals surface area (Å²) < 4.78 is 0. The number of rotatable bonds is 14. The lowest BCUT2D eigenvalue weighted by molar-refractivity contribution is -0.133. The number of unbranched alkanes of at least 4 members (excludes halogenated alkanes) is 5. The minimum atomic E-state index is -0.103. The number of carbonyl (C=O) groups excluding carboxylic acids is 2. The number of hydrogen-bond acceptors (Lipinski definition) is 5. The Kier molecular flexibility index (Phi) is 12.1. The number of pyridine rings is 1. The van der Waals surface area contributed by atoms with Crippen molar-refractivity contribution >= 4 is 17.5 Å². The molecule has 0 aliphatic rings. The first kappa shape index (κ1) is 22.1. The van der Waals surface area contributed by atoms with Gasteiger partial charge in [0.05, 0.1) is 25.1 Å². The van der Waals surface area contributed by atoms with Gasteiger partial charge in [-0.15, -0.1) is 0 Å². The molecule has 0 unspecified atom stereocenters. The lowest BCUT2D eigenvalue weighted by Gasteiger charge is -2.07. The van der Waals surface area contributed by atoms with Gasteiger partial charge in [-0.05, 0) is 30.9 Å². The molecule has 3 N–H and O–H groups in total. The average Bonchev–Trinajstić information content (AvgIpc) is 2.64. The number of aromatic nitrogens is 1. The highest BCUT2D eigenvalue weighted by Gasteiger charge is 2.05. The number of anilines is 1. The molecule has 0 fully saturated rings. The van der Waals surface area contributed by atoms with Crippen LogP contribution in [0.15, 0.2) is 18.5 Å². The Labute approximate surface area is 155 Å². The van der Waals surface area contributed by atoms with Crippen molar-refractivity contribution in [3.8, 4) is 0 Å². The van der Waals surface area contributed by atoms with E-state index in [2.05, 4.69) is 22.7 Å². The second-order valence-corrected chi connectivity index (χ2v) is 6.28. The van der Waals surface area contributed by atoms with Crippen LogP contribution < -0.4 is 10.8 Å². The first-order valence-electron chi connectivity index (χ1n) is 9.41. The molecule has 0 bridgehead atoms. The highest BCUT2D eigenvalue weighted by molar-refractivity contribution is 5.90. The second kappa shape index (κ2) is 14.2. The van der Waals surface area contributed by atoms with E-state index < -0.39 is 0 Å². The maximum Gasteiger partial charge on any atom is 0.243 e. The van der Waals surface area contributed by atoms with Crippen LogP contribution in [-0.4, -0.2) is 28.5 Å². The van der Waals surface area contributed by atoms with Gasteiger partial charge in [0.2, 0.25) is 11.8 Å². The third kappa shape index (κ3) is 10.8. The zero-order valence-electron chi connectivity index (χ0n) is 15.6. The first-order valence-corrected chi connectivity index (χ1v) is 9.41. The third-order valence-corrected chi connectivity index (χ3v) is 3.85. The standard InChI is InChI=1S/C19H31N3O4/c1-2-3-8-11-26-22-19(25)10-7-5-4-6-9-18(24)21-17-12-16(15-23)13-20-14-17/h12-14,23H,2-11,15H2,1H3,(H,21,24)(H,22,25). The van der Waals surface area contributed by atoms with Gasteiger partial charge < -0.3 is 10.4 Å². The van der Waals surface area contributed by atoms with Crippen molar-refractivity contribution in [1.82, 2.24) is 10.5 Å². The predicted molar refractivity (Wildman–Crippen MR) is 100 cm³/mol. The lowest BCUT2D eigenvalue weighted by atomic mass is 10.1. The van der Waals surface area contributed by atoms with E-state index in [9.17, 15) is 9.59 Å². The van der Waals surface area contributed by atoms with Gasteiger partial charge in [0.1, 0.15) is 0 Å². The predicted octanol–water partition coefficient (Wildman–Crippen LogP) is 3.09. The van der Waals surface area contributed by atoms with Gasteiger partial charge in [-0.2, -0.15) is 0 Å². The van der Waals surface area contributed by atoms with Crippen LogP contribution >= 0.6 is 0 Å². The quantitative estimate of drug-likeness (QED) is 0.347. The molecule has 7 heteroatoms. The zero-order valence-corrected chi connectivity index (χ0v) is 15.6. The summed E-state index contributed by atoms with van der Waals surface area (Å²) in [5.41, 5.74) is 3.72. The Hall–Kier alpha value is -1.99. The van der Waals surface area contributed by atoms with Gasteiger partial charge in [0.25, 0.3) is 0 Å². The lowest BCUT2D eigenvalue weighted by Crippen LogP contribution is -2.23. The summed E-state index contributed by atoms with van der Waals surface area (Å²) in [5.74, 6) is -0.157. The van der Waals surface area contributed by atoms with E-state index in [0.717, 1.165) is 44.9 Å². The molecule has 0 saturated carbocycles. The second-order valence-electron chi connectivity index (χ2n) is 6.28. The molecule has 26 heavy (non-hydrogen) atoms. The number of amides is 2. The van der Waals surface area contributed by atoms with E-state index >= 15 is 0 Å². The van der Waals surface area contributed by atoms with E-state index in [1.807, 2.05) is 0 Å². The fourth-order valence-electron chi connectivity index (χ4n) is 2.40. The summed E-state index contributed by atoms with van der Waals surface area (Å²) in [6.45, 7) is 2.58. The molecule has 1 rings (SSSR count). The van der Waals surface area contributed by atoms with Gasteiger partial charge in [-0.3, -0.25) is 19.4 Å². The van der Waals surface area contributed by atoms with Crippen LogP contribution in [0.2, 0.25) is 0 Å². The summed E-state index contributed by atoms with van der Waals surface area (Å²) in [6.07, 6.45) is 10.5. The third-order valence-electron chi connectivity index (χ3n) is 3.85. The molecular formula is C19H31N3O4. The van der Waals surface area contributed by atoms with Gasteiger partial charge in [-0.25, -0.2) is 5.48 Å². The van der Waals surface area contributed by atoms with Gasteiger partial charge in [-0.1, -0.05) is 32.6 Å². The van der Waals surface area contributed by atoms with Crippen molar-refractivity contribution < 1.29 is 19.5 Å². The topological polar surface area (TPSA) is 101 Å². The molecule has 0 aliphatic carbocycles. The van der Waals surface area contributed by atoms with Gasteiger partial charge >= 0.3 is 0 Å². The van der Waals surface area contributed by atoms with Crippen LogP contribution in [0.5, 0.6) is 0 Å². The van der Waals surface area contributed by atoms with Crippen molar-refractivity contribution in [3.63, 3.8) is 0 Å².